The van der Waals surface area contributed by atoms with Gasteiger partial charge in [-0.2, -0.15) is 5.26 Å². The van der Waals surface area contributed by atoms with Crippen molar-refractivity contribution in [1.82, 2.24) is 5.32 Å². The van der Waals surface area contributed by atoms with Gasteiger partial charge in [-0.1, -0.05) is 42.5 Å². The number of nitriles is 1. The molecule has 0 aromatic heterocycles. The van der Waals surface area contributed by atoms with E-state index in [0.717, 1.165) is 16.7 Å². The summed E-state index contributed by atoms with van der Waals surface area (Å²) in [7, 11) is 1.59. The summed E-state index contributed by atoms with van der Waals surface area (Å²) in [5.74, 6) is 0.936. The molecule has 0 saturated carbocycles. The molecule has 5 heteroatoms. The van der Waals surface area contributed by atoms with E-state index in [1.165, 1.54) is 0 Å². The SMILES string of the molecule is COc1cccc2c1OC(C)C(/C=C(/C#N)C(=O)NCCc1ccccc1)=C2. The molecule has 142 valence electrons. The third-order valence-electron chi connectivity index (χ3n) is 4.53. The molecule has 28 heavy (non-hydrogen) atoms. The summed E-state index contributed by atoms with van der Waals surface area (Å²) in [5, 5.41) is 12.2. The lowest BCUT2D eigenvalue weighted by Crippen LogP contribution is -2.27. The first-order valence-corrected chi connectivity index (χ1v) is 9.11. The van der Waals surface area contributed by atoms with Gasteiger partial charge < -0.3 is 14.8 Å². The highest BCUT2D eigenvalue weighted by Gasteiger charge is 2.22. The Kier molecular flexibility index (Phi) is 6.13. The fourth-order valence-corrected chi connectivity index (χ4v) is 3.01. The highest BCUT2D eigenvalue weighted by molar-refractivity contribution is 5.98. The zero-order valence-corrected chi connectivity index (χ0v) is 15.9. The van der Waals surface area contributed by atoms with E-state index in [-0.39, 0.29) is 17.6 Å². The van der Waals surface area contributed by atoms with Crippen molar-refractivity contribution < 1.29 is 14.3 Å². The van der Waals surface area contributed by atoms with Gasteiger partial charge in [-0.3, -0.25) is 4.79 Å². The Balaban J connectivity index is 1.73. The van der Waals surface area contributed by atoms with Crippen molar-refractivity contribution in [2.24, 2.45) is 0 Å². The summed E-state index contributed by atoms with van der Waals surface area (Å²) < 4.78 is 11.3. The van der Waals surface area contributed by atoms with Crippen LogP contribution in [0.5, 0.6) is 11.5 Å². The Bertz CT molecular complexity index is 956. The number of amides is 1. The van der Waals surface area contributed by atoms with Crippen molar-refractivity contribution in [2.45, 2.75) is 19.4 Å². The number of rotatable bonds is 6. The quantitative estimate of drug-likeness (QED) is 0.619. The Morgan fingerprint density at radius 2 is 2.04 bits per heavy atom. The van der Waals surface area contributed by atoms with Crippen LogP contribution < -0.4 is 14.8 Å². The van der Waals surface area contributed by atoms with Crippen LogP contribution in [0, 0.1) is 11.3 Å². The largest absolute Gasteiger partial charge is 0.493 e. The van der Waals surface area contributed by atoms with Crippen molar-refractivity contribution in [2.75, 3.05) is 13.7 Å². The Morgan fingerprint density at radius 1 is 1.25 bits per heavy atom. The van der Waals surface area contributed by atoms with Gasteiger partial charge in [0.05, 0.1) is 7.11 Å². The molecule has 1 heterocycles. The van der Waals surface area contributed by atoms with E-state index in [4.69, 9.17) is 9.47 Å². The van der Waals surface area contributed by atoms with Crippen molar-refractivity contribution >= 4 is 12.0 Å². The Labute approximate surface area is 164 Å². The van der Waals surface area contributed by atoms with E-state index in [9.17, 15) is 10.1 Å². The number of nitrogens with one attached hydrogen (secondary N) is 1. The second-order valence-corrected chi connectivity index (χ2v) is 6.44. The van der Waals surface area contributed by atoms with Gasteiger partial charge in [-0.05, 0) is 42.7 Å². The third kappa shape index (κ3) is 4.41. The maximum atomic E-state index is 12.4. The molecular formula is C23H22N2O3. The smallest absolute Gasteiger partial charge is 0.261 e. The maximum absolute atomic E-state index is 12.4. The van der Waals surface area contributed by atoms with E-state index < -0.39 is 0 Å². The van der Waals surface area contributed by atoms with Gasteiger partial charge in [0.1, 0.15) is 17.7 Å². The summed E-state index contributed by atoms with van der Waals surface area (Å²) in [5.41, 5.74) is 2.80. The third-order valence-corrected chi connectivity index (χ3v) is 4.53. The standard InChI is InChI=1S/C23H22N2O3/c1-16-19(13-18-9-6-10-21(27-2)22(18)28-16)14-20(15-24)23(26)25-12-11-17-7-4-3-5-8-17/h3-10,13-14,16H,11-12H2,1-2H3,(H,25,26)/b20-14-. The molecule has 0 bridgehead atoms. The van der Waals surface area contributed by atoms with Crippen LogP contribution in [-0.4, -0.2) is 25.7 Å². The molecule has 2 aromatic rings. The molecule has 1 atom stereocenters. The summed E-state index contributed by atoms with van der Waals surface area (Å²) in [4.78, 5) is 12.4. The first-order chi connectivity index (χ1) is 13.6. The molecule has 0 spiro atoms. The van der Waals surface area contributed by atoms with E-state index in [1.54, 1.807) is 13.2 Å². The second-order valence-electron chi connectivity index (χ2n) is 6.44. The van der Waals surface area contributed by atoms with Crippen molar-refractivity contribution in [3.05, 3.63) is 76.9 Å². The Morgan fingerprint density at radius 3 is 2.75 bits per heavy atom. The number of carbonyl (C=O) groups is 1. The zero-order valence-electron chi connectivity index (χ0n) is 15.9. The molecule has 0 fully saturated rings. The number of para-hydroxylation sites is 1. The van der Waals surface area contributed by atoms with E-state index >= 15 is 0 Å². The molecule has 1 aliphatic heterocycles. The van der Waals surface area contributed by atoms with E-state index in [0.29, 0.717) is 24.5 Å². The molecule has 2 aromatic carbocycles. The average molecular weight is 374 g/mol. The van der Waals surface area contributed by atoms with Gasteiger partial charge in [0.15, 0.2) is 11.5 Å². The summed E-state index contributed by atoms with van der Waals surface area (Å²) in [6.07, 6.45) is 3.91. The van der Waals surface area contributed by atoms with Crippen LogP contribution in [0.15, 0.2) is 65.8 Å². The van der Waals surface area contributed by atoms with Crippen molar-refractivity contribution in [3.63, 3.8) is 0 Å². The van der Waals surface area contributed by atoms with Gasteiger partial charge in [0.25, 0.3) is 5.91 Å². The number of hydrogen-bond donors (Lipinski definition) is 1. The molecule has 1 amide bonds. The highest BCUT2D eigenvalue weighted by atomic mass is 16.5. The van der Waals surface area contributed by atoms with Crippen LogP contribution in [0.25, 0.3) is 6.08 Å². The highest BCUT2D eigenvalue weighted by Crippen LogP contribution is 2.38. The first kappa shape index (κ1) is 19.2. The normalized spacial score (nSPS) is 15.5. The average Bonchev–Trinajstić information content (AvgIpc) is 2.72. The lowest BCUT2D eigenvalue weighted by atomic mass is 10.00. The van der Waals surface area contributed by atoms with Crippen LogP contribution >= 0.6 is 0 Å². The minimum Gasteiger partial charge on any atom is -0.493 e. The van der Waals surface area contributed by atoms with E-state index in [1.807, 2.05) is 67.6 Å². The molecule has 1 N–H and O–H groups in total. The van der Waals surface area contributed by atoms with Gasteiger partial charge in [-0.25, -0.2) is 0 Å². The number of benzene rings is 2. The van der Waals surface area contributed by atoms with Gasteiger partial charge in [0, 0.05) is 12.1 Å². The predicted octanol–water partition coefficient (Wildman–Crippen LogP) is 3.67. The number of nitrogens with zero attached hydrogens (tertiary/aromatic N) is 1. The topological polar surface area (TPSA) is 71.3 Å². The first-order valence-electron chi connectivity index (χ1n) is 9.11. The summed E-state index contributed by atoms with van der Waals surface area (Å²) in [6, 6.07) is 17.5. The molecule has 5 nitrogen and oxygen atoms in total. The fraction of sp³-hybridized carbons (Fsp3) is 0.217. The lowest BCUT2D eigenvalue weighted by Gasteiger charge is -2.24. The van der Waals surface area contributed by atoms with Crippen molar-refractivity contribution in [3.8, 4) is 17.6 Å². The predicted molar refractivity (Wildman–Crippen MR) is 108 cm³/mol. The lowest BCUT2D eigenvalue weighted by molar-refractivity contribution is -0.117. The van der Waals surface area contributed by atoms with Crippen LogP contribution in [0.3, 0.4) is 0 Å². The van der Waals surface area contributed by atoms with Crippen LogP contribution in [0.4, 0.5) is 0 Å². The monoisotopic (exact) mass is 374 g/mol. The van der Waals surface area contributed by atoms with Crippen molar-refractivity contribution in [1.29, 1.82) is 5.26 Å². The molecular weight excluding hydrogens is 352 g/mol. The number of hydrogen-bond acceptors (Lipinski definition) is 4. The minimum absolute atomic E-state index is 0.0566. The molecule has 0 aliphatic carbocycles. The van der Waals surface area contributed by atoms with Gasteiger partial charge >= 0.3 is 0 Å². The molecule has 1 aliphatic rings. The number of fused-ring (bicyclic) bond motifs is 1. The Hall–Kier alpha value is -3.52. The number of methoxy groups -OCH3 is 1. The summed E-state index contributed by atoms with van der Waals surface area (Å²) >= 11 is 0. The fourth-order valence-electron chi connectivity index (χ4n) is 3.01. The number of ether oxygens (including phenoxy) is 2. The van der Waals surface area contributed by atoms with Crippen LogP contribution in [0.1, 0.15) is 18.1 Å². The minimum atomic E-state index is -0.386. The number of carbonyl (C=O) groups excluding carboxylic acids is 1. The summed E-state index contributed by atoms with van der Waals surface area (Å²) in [6.45, 7) is 2.34. The molecule has 0 saturated heterocycles. The second kappa shape index (κ2) is 8.92. The van der Waals surface area contributed by atoms with Crippen LogP contribution in [-0.2, 0) is 11.2 Å². The maximum Gasteiger partial charge on any atom is 0.261 e. The molecule has 3 rings (SSSR count). The van der Waals surface area contributed by atoms with Crippen LogP contribution in [0.2, 0.25) is 0 Å². The zero-order chi connectivity index (χ0) is 19.9. The molecule has 1 unspecified atom stereocenters. The van der Waals surface area contributed by atoms with Gasteiger partial charge in [-0.15, -0.1) is 0 Å². The molecule has 0 radical (unpaired) electrons. The van der Waals surface area contributed by atoms with E-state index in [2.05, 4.69) is 5.32 Å². The van der Waals surface area contributed by atoms with Gasteiger partial charge in [0.2, 0.25) is 0 Å².